The van der Waals surface area contributed by atoms with Crippen molar-refractivity contribution in [3.8, 4) is 0 Å². The predicted octanol–water partition coefficient (Wildman–Crippen LogP) is 3.75. The van der Waals surface area contributed by atoms with Crippen LogP contribution in [0.25, 0.3) is 0 Å². The first-order valence-corrected chi connectivity index (χ1v) is 7.95. The number of benzene rings is 2. The lowest BCUT2D eigenvalue weighted by atomic mass is 10.2. The molecule has 0 aliphatic heterocycles. The Morgan fingerprint density at radius 1 is 1.14 bits per heavy atom. The number of rotatable bonds is 5. The molecule has 0 saturated heterocycles. The van der Waals surface area contributed by atoms with E-state index in [9.17, 15) is 4.79 Å². The molecule has 1 amide bonds. The van der Waals surface area contributed by atoms with Crippen molar-refractivity contribution < 1.29 is 4.79 Å². The number of amides is 1. The van der Waals surface area contributed by atoms with Crippen LogP contribution in [0.2, 0.25) is 0 Å². The Morgan fingerprint density at radius 3 is 2.38 bits per heavy atom. The maximum Gasteiger partial charge on any atom is 0.244 e. The quantitative estimate of drug-likeness (QED) is 0.784. The molecule has 0 heterocycles. The largest absolute Gasteiger partial charge is 0.374 e. The summed E-state index contributed by atoms with van der Waals surface area (Å²) in [5, 5.41) is 3.24. The first-order valence-electron chi connectivity index (χ1n) is 6.87. The Balaban J connectivity index is 1.93. The lowest BCUT2D eigenvalue weighted by molar-refractivity contribution is -0.130. The summed E-state index contributed by atoms with van der Waals surface area (Å²) in [7, 11) is 1.83. The van der Waals surface area contributed by atoms with E-state index in [2.05, 4.69) is 27.9 Å². The Morgan fingerprint density at radius 2 is 1.76 bits per heavy atom. The van der Waals surface area contributed by atoms with E-state index in [0.29, 0.717) is 6.54 Å². The van der Waals surface area contributed by atoms with Gasteiger partial charge in [0.05, 0.1) is 0 Å². The van der Waals surface area contributed by atoms with Gasteiger partial charge in [0.25, 0.3) is 0 Å². The number of likely N-dealkylation sites (N-methyl/N-ethyl adjacent to an activating group) is 1. The molecule has 0 spiro atoms. The summed E-state index contributed by atoms with van der Waals surface area (Å²) in [4.78, 5) is 14.1. The van der Waals surface area contributed by atoms with Crippen molar-refractivity contribution in [2.45, 2.75) is 19.5 Å². The second-order valence-corrected chi connectivity index (χ2v) is 6.30. The van der Waals surface area contributed by atoms with Gasteiger partial charge in [0.2, 0.25) is 5.91 Å². The molecule has 1 N–H and O–H groups in total. The fourth-order valence-corrected chi connectivity index (χ4v) is 2.48. The molecular weight excluding hydrogens is 375 g/mol. The van der Waals surface area contributed by atoms with Gasteiger partial charge in [-0.3, -0.25) is 4.79 Å². The van der Waals surface area contributed by atoms with Crippen molar-refractivity contribution in [3.05, 3.63) is 63.7 Å². The molecule has 0 saturated carbocycles. The molecule has 2 aromatic rings. The molecule has 3 nitrogen and oxygen atoms in total. The van der Waals surface area contributed by atoms with Gasteiger partial charge in [0.1, 0.15) is 6.04 Å². The molecule has 0 fully saturated rings. The molecule has 110 valence electrons. The van der Waals surface area contributed by atoms with E-state index in [-0.39, 0.29) is 11.9 Å². The summed E-state index contributed by atoms with van der Waals surface area (Å²) in [6.45, 7) is 2.51. The van der Waals surface area contributed by atoms with Crippen molar-refractivity contribution in [1.82, 2.24) is 4.90 Å². The van der Waals surface area contributed by atoms with Gasteiger partial charge < -0.3 is 10.2 Å². The highest BCUT2D eigenvalue weighted by Gasteiger charge is 2.17. The average Bonchev–Trinajstić information content (AvgIpc) is 2.49. The molecule has 21 heavy (non-hydrogen) atoms. The topological polar surface area (TPSA) is 32.3 Å². The van der Waals surface area contributed by atoms with Gasteiger partial charge >= 0.3 is 0 Å². The van der Waals surface area contributed by atoms with Crippen molar-refractivity contribution in [2.75, 3.05) is 12.4 Å². The molecule has 1 atom stereocenters. The Kier molecular flexibility index (Phi) is 5.61. The van der Waals surface area contributed by atoms with E-state index >= 15 is 0 Å². The van der Waals surface area contributed by atoms with E-state index < -0.39 is 0 Å². The van der Waals surface area contributed by atoms with Gasteiger partial charge in [-0.05, 0) is 59.3 Å². The number of hydrogen-bond acceptors (Lipinski definition) is 2. The van der Waals surface area contributed by atoms with Crippen molar-refractivity contribution >= 4 is 34.2 Å². The fraction of sp³-hybridized carbons (Fsp3) is 0.235. The summed E-state index contributed by atoms with van der Waals surface area (Å²) >= 11 is 2.26. The van der Waals surface area contributed by atoms with Gasteiger partial charge in [-0.15, -0.1) is 0 Å². The summed E-state index contributed by atoms with van der Waals surface area (Å²) < 4.78 is 1.18. The third kappa shape index (κ3) is 4.74. The van der Waals surface area contributed by atoms with Crippen LogP contribution in [0.3, 0.4) is 0 Å². The fourth-order valence-electron chi connectivity index (χ4n) is 2.12. The third-order valence-corrected chi connectivity index (χ3v) is 3.96. The number of halogens is 1. The number of nitrogens with one attached hydrogen (secondary N) is 1. The summed E-state index contributed by atoms with van der Waals surface area (Å²) in [6.07, 6.45) is 0. The van der Waals surface area contributed by atoms with Crippen LogP contribution >= 0.6 is 22.6 Å². The molecule has 0 aliphatic rings. The maximum atomic E-state index is 12.4. The van der Waals surface area contributed by atoms with Crippen LogP contribution < -0.4 is 5.32 Å². The zero-order valence-electron chi connectivity index (χ0n) is 12.2. The molecule has 4 heteroatoms. The van der Waals surface area contributed by atoms with E-state index in [1.54, 1.807) is 4.90 Å². The van der Waals surface area contributed by atoms with Crippen LogP contribution in [0.15, 0.2) is 54.6 Å². The smallest absolute Gasteiger partial charge is 0.244 e. The normalized spacial score (nSPS) is 11.8. The molecule has 2 rings (SSSR count). The van der Waals surface area contributed by atoms with E-state index in [0.717, 1.165) is 11.3 Å². The SMILES string of the molecule is CC(Nc1ccc(I)cc1)C(=O)N(C)Cc1ccccc1. The zero-order valence-corrected chi connectivity index (χ0v) is 14.4. The van der Waals surface area contributed by atoms with Crippen molar-refractivity contribution in [1.29, 1.82) is 0 Å². The predicted molar refractivity (Wildman–Crippen MR) is 95.2 cm³/mol. The van der Waals surface area contributed by atoms with Crippen molar-refractivity contribution in [3.63, 3.8) is 0 Å². The van der Waals surface area contributed by atoms with E-state index in [4.69, 9.17) is 0 Å². The summed E-state index contributed by atoms with van der Waals surface area (Å²) in [5.74, 6) is 0.0809. The van der Waals surface area contributed by atoms with Crippen LogP contribution in [0.4, 0.5) is 5.69 Å². The number of carbonyl (C=O) groups is 1. The van der Waals surface area contributed by atoms with Crippen LogP contribution in [-0.2, 0) is 11.3 Å². The van der Waals surface area contributed by atoms with Crippen LogP contribution in [0.5, 0.6) is 0 Å². The molecule has 0 bridgehead atoms. The first-order chi connectivity index (χ1) is 10.1. The van der Waals surface area contributed by atoms with Gasteiger partial charge in [0, 0.05) is 22.8 Å². The minimum Gasteiger partial charge on any atom is -0.374 e. The highest BCUT2D eigenvalue weighted by atomic mass is 127. The summed E-state index contributed by atoms with van der Waals surface area (Å²) in [5.41, 5.74) is 2.10. The Hall–Kier alpha value is -1.56. The van der Waals surface area contributed by atoms with Gasteiger partial charge in [0.15, 0.2) is 0 Å². The number of carbonyl (C=O) groups excluding carboxylic acids is 1. The van der Waals surface area contributed by atoms with E-state index in [1.807, 2.05) is 68.6 Å². The Bertz CT molecular complexity index is 583. The average molecular weight is 394 g/mol. The summed E-state index contributed by atoms with van der Waals surface area (Å²) in [6, 6.07) is 17.8. The van der Waals surface area contributed by atoms with Gasteiger partial charge in [-0.1, -0.05) is 30.3 Å². The maximum absolute atomic E-state index is 12.4. The molecule has 1 unspecified atom stereocenters. The highest BCUT2D eigenvalue weighted by molar-refractivity contribution is 14.1. The van der Waals surface area contributed by atoms with Gasteiger partial charge in [-0.2, -0.15) is 0 Å². The number of anilines is 1. The Labute approximate surface area is 139 Å². The minimum atomic E-state index is -0.251. The standard InChI is InChI=1S/C17H19IN2O/c1-13(19-16-10-8-15(18)9-11-16)17(21)20(2)12-14-6-4-3-5-7-14/h3-11,13,19H,12H2,1-2H3. The second-order valence-electron chi connectivity index (χ2n) is 5.05. The lowest BCUT2D eigenvalue weighted by Gasteiger charge is -2.23. The zero-order chi connectivity index (χ0) is 15.2. The van der Waals surface area contributed by atoms with Gasteiger partial charge in [-0.25, -0.2) is 0 Å². The molecular formula is C17H19IN2O. The first kappa shape index (κ1) is 15.8. The molecule has 0 aliphatic carbocycles. The van der Waals surface area contributed by atoms with Crippen LogP contribution in [-0.4, -0.2) is 23.9 Å². The van der Waals surface area contributed by atoms with Crippen LogP contribution in [0, 0.1) is 3.57 Å². The monoisotopic (exact) mass is 394 g/mol. The van der Waals surface area contributed by atoms with Crippen LogP contribution in [0.1, 0.15) is 12.5 Å². The van der Waals surface area contributed by atoms with E-state index in [1.165, 1.54) is 3.57 Å². The second kappa shape index (κ2) is 7.45. The number of nitrogens with zero attached hydrogens (tertiary/aromatic N) is 1. The molecule has 2 aromatic carbocycles. The molecule has 0 radical (unpaired) electrons. The lowest BCUT2D eigenvalue weighted by Crippen LogP contribution is -2.38. The number of hydrogen-bond donors (Lipinski definition) is 1. The highest BCUT2D eigenvalue weighted by Crippen LogP contribution is 2.13. The van der Waals surface area contributed by atoms with Crippen molar-refractivity contribution in [2.24, 2.45) is 0 Å². The molecule has 0 aromatic heterocycles. The minimum absolute atomic E-state index is 0.0809. The third-order valence-electron chi connectivity index (χ3n) is 3.24.